The van der Waals surface area contributed by atoms with Crippen molar-refractivity contribution in [2.24, 2.45) is 5.84 Å². The number of nitrogens with one attached hydrogen (secondary N) is 2. The molecule has 2 heterocycles. The Balaban J connectivity index is 2.04. The fraction of sp³-hybridized carbons (Fsp3) is 0. The molecule has 0 atom stereocenters. The van der Waals surface area contributed by atoms with Crippen LogP contribution in [0, 0.1) is 0 Å². The number of hydrogen-bond acceptors (Lipinski definition) is 6. The molecule has 20 heavy (non-hydrogen) atoms. The fourth-order valence-electron chi connectivity index (χ4n) is 1.87. The molecule has 0 amide bonds. The molecule has 7 heteroatoms. The number of nitrogens with zero attached hydrogens (tertiary/aromatic N) is 3. The molecular formula is C13H11ClN6. The van der Waals surface area contributed by atoms with E-state index in [9.17, 15) is 0 Å². The van der Waals surface area contributed by atoms with E-state index in [1.165, 1.54) is 6.20 Å². The number of aromatic nitrogens is 3. The van der Waals surface area contributed by atoms with Gasteiger partial charge in [-0.25, -0.2) is 10.8 Å². The zero-order valence-corrected chi connectivity index (χ0v) is 11.1. The molecule has 0 fully saturated rings. The molecule has 6 nitrogen and oxygen atoms in total. The van der Waals surface area contributed by atoms with E-state index in [0.29, 0.717) is 16.7 Å². The van der Waals surface area contributed by atoms with Gasteiger partial charge in [-0.2, -0.15) is 0 Å². The Morgan fingerprint density at radius 1 is 1.10 bits per heavy atom. The van der Waals surface area contributed by atoms with Crippen molar-refractivity contribution in [2.75, 3.05) is 10.7 Å². The molecule has 4 N–H and O–H groups in total. The van der Waals surface area contributed by atoms with E-state index in [1.54, 1.807) is 12.4 Å². The predicted molar refractivity (Wildman–Crippen MR) is 79.9 cm³/mol. The second-order valence-corrected chi connectivity index (χ2v) is 4.46. The standard InChI is InChI=1S/C13H11ClN6/c14-9-3-4-10(13-8(9)2-1-5-17-13)18-11-6-16-7-12(19-11)20-15/h1-7H,15H2,(H2,18,19,20). The zero-order valence-electron chi connectivity index (χ0n) is 10.3. The van der Waals surface area contributed by atoms with Gasteiger partial charge in [-0.3, -0.25) is 9.97 Å². The quantitative estimate of drug-likeness (QED) is 0.507. The summed E-state index contributed by atoms with van der Waals surface area (Å²) in [7, 11) is 0. The van der Waals surface area contributed by atoms with Gasteiger partial charge in [0.25, 0.3) is 0 Å². The lowest BCUT2D eigenvalue weighted by Crippen LogP contribution is -2.09. The maximum absolute atomic E-state index is 6.16. The van der Waals surface area contributed by atoms with Crippen molar-refractivity contribution in [3.8, 4) is 0 Å². The van der Waals surface area contributed by atoms with Gasteiger partial charge in [-0.1, -0.05) is 11.6 Å². The van der Waals surface area contributed by atoms with Crippen LogP contribution in [0.2, 0.25) is 5.02 Å². The molecule has 0 saturated heterocycles. The van der Waals surface area contributed by atoms with Crippen LogP contribution >= 0.6 is 11.6 Å². The maximum Gasteiger partial charge on any atom is 0.160 e. The van der Waals surface area contributed by atoms with E-state index in [0.717, 1.165) is 16.6 Å². The van der Waals surface area contributed by atoms with Crippen LogP contribution in [0.3, 0.4) is 0 Å². The highest BCUT2D eigenvalue weighted by Crippen LogP contribution is 2.29. The first-order valence-corrected chi connectivity index (χ1v) is 6.24. The molecule has 0 aliphatic heterocycles. The normalized spacial score (nSPS) is 10.5. The Morgan fingerprint density at radius 2 is 1.95 bits per heavy atom. The van der Waals surface area contributed by atoms with E-state index in [-0.39, 0.29) is 0 Å². The topological polar surface area (TPSA) is 88.8 Å². The van der Waals surface area contributed by atoms with Crippen molar-refractivity contribution in [1.82, 2.24) is 15.0 Å². The summed E-state index contributed by atoms with van der Waals surface area (Å²) in [5, 5.41) is 4.69. The van der Waals surface area contributed by atoms with Crippen LogP contribution in [0.15, 0.2) is 42.9 Å². The number of fused-ring (bicyclic) bond motifs is 1. The van der Waals surface area contributed by atoms with Gasteiger partial charge >= 0.3 is 0 Å². The Labute approximate surface area is 120 Å². The number of hydrazine groups is 1. The fourth-order valence-corrected chi connectivity index (χ4v) is 2.09. The smallest absolute Gasteiger partial charge is 0.160 e. The van der Waals surface area contributed by atoms with Gasteiger partial charge in [0.15, 0.2) is 11.6 Å². The second-order valence-electron chi connectivity index (χ2n) is 4.05. The van der Waals surface area contributed by atoms with Crippen LogP contribution in [-0.2, 0) is 0 Å². The molecule has 0 saturated carbocycles. The van der Waals surface area contributed by atoms with Gasteiger partial charge in [0.2, 0.25) is 0 Å². The van der Waals surface area contributed by atoms with Crippen molar-refractivity contribution in [2.45, 2.75) is 0 Å². The second kappa shape index (κ2) is 5.28. The van der Waals surface area contributed by atoms with Crippen LogP contribution in [0.5, 0.6) is 0 Å². The first kappa shape index (κ1) is 12.6. The number of nitrogen functional groups attached to an aromatic ring is 1. The SMILES string of the molecule is NNc1cncc(Nc2ccc(Cl)c3cccnc23)n1. The summed E-state index contributed by atoms with van der Waals surface area (Å²) in [5.41, 5.74) is 4.02. The Morgan fingerprint density at radius 3 is 2.80 bits per heavy atom. The number of nitrogens with two attached hydrogens (primary N) is 1. The number of benzene rings is 1. The van der Waals surface area contributed by atoms with E-state index in [4.69, 9.17) is 17.4 Å². The average Bonchev–Trinajstić information content (AvgIpc) is 2.51. The maximum atomic E-state index is 6.16. The van der Waals surface area contributed by atoms with Crippen LogP contribution < -0.4 is 16.6 Å². The van der Waals surface area contributed by atoms with Crippen molar-refractivity contribution < 1.29 is 0 Å². The van der Waals surface area contributed by atoms with E-state index < -0.39 is 0 Å². The van der Waals surface area contributed by atoms with Crippen molar-refractivity contribution in [1.29, 1.82) is 0 Å². The largest absolute Gasteiger partial charge is 0.337 e. The summed E-state index contributed by atoms with van der Waals surface area (Å²) in [5.74, 6) is 6.35. The van der Waals surface area contributed by atoms with Crippen LogP contribution in [0.25, 0.3) is 10.9 Å². The van der Waals surface area contributed by atoms with Crippen molar-refractivity contribution in [3.63, 3.8) is 0 Å². The molecule has 0 aliphatic carbocycles. The minimum Gasteiger partial charge on any atom is -0.337 e. The molecule has 0 aliphatic rings. The summed E-state index contributed by atoms with van der Waals surface area (Å²) in [6, 6.07) is 7.42. The summed E-state index contributed by atoms with van der Waals surface area (Å²) >= 11 is 6.16. The van der Waals surface area contributed by atoms with E-state index in [2.05, 4.69) is 25.7 Å². The molecule has 2 aromatic heterocycles. The lowest BCUT2D eigenvalue weighted by Gasteiger charge is -2.09. The molecule has 100 valence electrons. The van der Waals surface area contributed by atoms with Crippen LogP contribution in [0.4, 0.5) is 17.3 Å². The molecule has 1 aromatic carbocycles. The molecule has 0 bridgehead atoms. The Hall–Kier alpha value is -2.44. The third-order valence-corrected chi connectivity index (χ3v) is 3.09. The van der Waals surface area contributed by atoms with E-state index >= 15 is 0 Å². The number of pyridine rings is 1. The number of anilines is 3. The highest BCUT2D eigenvalue weighted by Gasteiger charge is 2.07. The molecule has 0 unspecified atom stereocenters. The summed E-state index contributed by atoms with van der Waals surface area (Å²) in [4.78, 5) is 12.6. The number of hydrogen-bond donors (Lipinski definition) is 3. The first-order chi connectivity index (χ1) is 9.78. The van der Waals surface area contributed by atoms with Gasteiger partial charge in [0, 0.05) is 11.6 Å². The lowest BCUT2D eigenvalue weighted by molar-refractivity contribution is 1.16. The van der Waals surface area contributed by atoms with Gasteiger partial charge < -0.3 is 10.7 Å². The average molecular weight is 287 g/mol. The summed E-state index contributed by atoms with van der Waals surface area (Å²) in [6.07, 6.45) is 4.85. The molecule has 0 spiro atoms. The number of halogens is 1. The molecule has 3 rings (SSSR count). The predicted octanol–water partition coefficient (Wildman–Crippen LogP) is 2.71. The molecule has 3 aromatic rings. The van der Waals surface area contributed by atoms with Gasteiger partial charge in [0.1, 0.15) is 0 Å². The molecular weight excluding hydrogens is 276 g/mol. The lowest BCUT2D eigenvalue weighted by atomic mass is 10.2. The van der Waals surface area contributed by atoms with Crippen LogP contribution in [0.1, 0.15) is 0 Å². The van der Waals surface area contributed by atoms with Gasteiger partial charge in [-0.15, -0.1) is 0 Å². The first-order valence-electron chi connectivity index (χ1n) is 5.87. The number of rotatable bonds is 3. The minimum atomic E-state index is 0.473. The van der Waals surface area contributed by atoms with Crippen molar-refractivity contribution >= 4 is 39.8 Å². The van der Waals surface area contributed by atoms with Crippen LogP contribution in [-0.4, -0.2) is 15.0 Å². The zero-order chi connectivity index (χ0) is 13.9. The van der Waals surface area contributed by atoms with Gasteiger partial charge in [-0.05, 0) is 24.3 Å². The monoisotopic (exact) mass is 286 g/mol. The van der Waals surface area contributed by atoms with Gasteiger partial charge in [0.05, 0.1) is 28.6 Å². The minimum absolute atomic E-state index is 0.473. The van der Waals surface area contributed by atoms with Crippen molar-refractivity contribution in [3.05, 3.63) is 47.9 Å². The van der Waals surface area contributed by atoms with E-state index in [1.807, 2.05) is 24.3 Å². The third-order valence-electron chi connectivity index (χ3n) is 2.76. The molecule has 0 radical (unpaired) electrons. The third kappa shape index (κ3) is 2.34. The highest BCUT2D eigenvalue weighted by atomic mass is 35.5. The summed E-state index contributed by atoms with van der Waals surface area (Å²) in [6.45, 7) is 0. The highest BCUT2D eigenvalue weighted by molar-refractivity contribution is 6.35. The Bertz CT molecular complexity index is 761. The Kier molecular flexibility index (Phi) is 3.32. The summed E-state index contributed by atoms with van der Waals surface area (Å²) < 4.78 is 0.